The number of aliphatic carboxylic acids is 1. The molecule has 1 aliphatic heterocycles. The van der Waals surface area contributed by atoms with Crippen LogP contribution in [0.1, 0.15) is 24.4 Å². The molecule has 2 atom stereocenters. The first kappa shape index (κ1) is 16.1. The second-order valence-corrected chi connectivity index (χ2v) is 4.93. The smallest absolute Gasteiger partial charge is 0.471 e. The average molecular weight is 317 g/mol. The van der Waals surface area contributed by atoms with Crippen molar-refractivity contribution in [1.29, 1.82) is 0 Å². The number of carbonyl (C=O) groups is 2. The van der Waals surface area contributed by atoms with Crippen molar-refractivity contribution in [3.05, 3.63) is 29.8 Å². The van der Waals surface area contributed by atoms with E-state index in [9.17, 15) is 22.8 Å². The van der Waals surface area contributed by atoms with E-state index in [1.54, 1.807) is 12.1 Å². The van der Waals surface area contributed by atoms with E-state index in [0.717, 1.165) is 0 Å². The fourth-order valence-electron chi connectivity index (χ4n) is 2.64. The van der Waals surface area contributed by atoms with Crippen LogP contribution in [0, 0.1) is 0 Å². The molecule has 0 aliphatic carbocycles. The molecule has 0 saturated carbocycles. The highest BCUT2D eigenvalue weighted by atomic mass is 19.4. The van der Waals surface area contributed by atoms with Gasteiger partial charge in [0, 0.05) is 0 Å². The van der Waals surface area contributed by atoms with Crippen LogP contribution < -0.4 is 4.74 Å². The van der Waals surface area contributed by atoms with Crippen LogP contribution in [0.5, 0.6) is 5.75 Å². The fraction of sp³-hybridized carbons (Fsp3) is 0.429. The van der Waals surface area contributed by atoms with Gasteiger partial charge in [-0.15, -0.1) is 0 Å². The van der Waals surface area contributed by atoms with Crippen LogP contribution in [0.2, 0.25) is 0 Å². The SMILES string of the molecule is COc1ccc([C@H]2CC[C@H](C(=O)O)N2C(=O)C(F)(F)F)cc1. The Balaban J connectivity index is 2.36. The van der Waals surface area contributed by atoms with E-state index in [1.165, 1.54) is 19.2 Å². The van der Waals surface area contributed by atoms with Crippen LogP contribution in [0.3, 0.4) is 0 Å². The number of rotatable bonds is 3. The van der Waals surface area contributed by atoms with Gasteiger partial charge in [0.2, 0.25) is 0 Å². The maximum atomic E-state index is 12.7. The first-order valence-corrected chi connectivity index (χ1v) is 6.52. The summed E-state index contributed by atoms with van der Waals surface area (Å²) in [6, 6.07) is 3.79. The largest absolute Gasteiger partial charge is 0.497 e. The van der Waals surface area contributed by atoms with E-state index in [2.05, 4.69) is 0 Å². The molecule has 1 heterocycles. The summed E-state index contributed by atoms with van der Waals surface area (Å²) in [5.74, 6) is -3.04. The van der Waals surface area contributed by atoms with E-state index < -0.39 is 30.1 Å². The zero-order valence-corrected chi connectivity index (χ0v) is 11.6. The Morgan fingerprint density at radius 3 is 2.27 bits per heavy atom. The van der Waals surface area contributed by atoms with Gasteiger partial charge in [-0.3, -0.25) is 4.79 Å². The van der Waals surface area contributed by atoms with Crippen molar-refractivity contribution in [1.82, 2.24) is 4.90 Å². The van der Waals surface area contributed by atoms with E-state index >= 15 is 0 Å². The molecule has 22 heavy (non-hydrogen) atoms. The molecule has 8 heteroatoms. The summed E-state index contributed by atoms with van der Waals surface area (Å²) >= 11 is 0. The number of methoxy groups -OCH3 is 1. The van der Waals surface area contributed by atoms with Gasteiger partial charge in [0.05, 0.1) is 13.2 Å². The molecule has 0 radical (unpaired) electrons. The normalized spacial score (nSPS) is 21.7. The fourth-order valence-corrected chi connectivity index (χ4v) is 2.64. The number of nitrogens with zero attached hydrogens (tertiary/aromatic N) is 1. The average Bonchev–Trinajstić information content (AvgIpc) is 2.90. The lowest BCUT2D eigenvalue weighted by molar-refractivity contribution is -0.190. The van der Waals surface area contributed by atoms with Gasteiger partial charge in [-0.05, 0) is 30.5 Å². The van der Waals surface area contributed by atoms with Gasteiger partial charge in [0.25, 0.3) is 0 Å². The molecule has 0 aromatic heterocycles. The molecule has 0 bridgehead atoms. The number of carbonyl (C=O) groups excluding carboxylic acids is 1. The van der Waals surface area contributed by atoms with Crippen molar-refractivity contribution in [2.75, 3.05) is 7.11 Å². The van der Waals surface area contributed by atoms with Crippen LogP contribution >= 0.6 is 0 Å². The van der Waals surface area contributed by atoms with Crippen LogP contribution in [0.25, 0.3) is 0 Å². The summed E-state index contributed by atoms with van der Waals surface area (Å²) in [7, 11) is 1.45. The topological polar surface area (TPSA) is 66.8 Å². The molecule has 1 aromatic rings. The maximum absolute atomic E-state index is 12.7. The minimum absolute atomic E-state index is 0.0200. The highest BCUT2D eigenvalue weighted by molar-refractivity contribution is 5.88. The van der Waals surface area contributed by atoms with E-state index in [4.69, 9.17) is 9.84 Å². The van der Waals surface area contributed by atoms with Crippen LogP contribution in [0.4, 0.5) is 13.2 Å². The Morgan fingerprint density at radius 2 is 1.82 bits per heavy atom. The second kappa shape index (κ2) is 5.86. The van der Waals surface area contributed by atoms with Gasteiger partial charge in [-0.2, -0.15) is 13.2 Å². The van der Waals surface area contributed by atoms with Gasteiger partial charge in [0.1, 0.15) is 11.8 Å². The third-order valence-electron chi connectivity index (χ3n) is 3.65. The lowest BCUT2D eigenvalue weighted by Gasteiger charge is -2.29. The number of likely N-dealkylation sites (tertiary alicyclic amines) is 1. The number of hydrogen-bond acceptors (Lipinski definition) is 3. The summed E-state index contributed by atoms with van der Waals surface area (Å²) in [5.41, 5.74) is 0.446. The standard InChI is InChI=1S/C14H14F3NO4/c1-22-9-4-2-8(3-5-9)10-6-7-11(12(19)20)18(10)13(21)14(15,16)17/h2-5,10-11H,6-7H2,1H3,(H,19,20)/t10-,11-/m1/s1. The molecule has 0 unspecified atom stereocenters. The Bertz CT molecular complexity index is 570. The van der Waals surface area contributed by atoms with Gasteiger partial charge in [0.15, 0.2) is 0 Å². The summed E-state index contributed by atoms with van der Waals surface area (Å²) in [6.45, 7) is 0. The molecule has 1 aromatic carbocycles. The molecule has 5 nitrogen and oxygen atoms in total. The predicted octanol–water partition coefficient (Wildman–Crippen LogP) is 2.37. The molecular formula is C14H14F3NO4. The monoisotopic (exact) mass is 317 g/mol. The van der Waals surface area contributed by atoms with Crippen molar-refractivity contribution < 1.29 is 32.6 Å². The van der Waals surface area contributed by atoms with Crippen LogP contribution in [-0.2, 0) is 9.59 Å². The first-order chi connectivity index (χ1) is 10.3. The van der Waals surface area contributed by atoms with Crippen molar-refractivity contribution in [2.24, 2.45) is 0 Å². The zero-order valence-electron chi connectivity index (χ0n) is 11.6. The molecule has 1 N–H and O–H groups in total. The van der Waals surface area contributed by atoms with Gasteiger partial charge in [-0.1, -0.05) is 12.1 Å². The van der Waals surface area contributed by atoms with Crippen molar-refractivity contribution in [3.63, 3.8) is 0 Å². The highest BCUT2D eigenvalue weighted by Crippen LogP contribution is 2.39. The molecule has 1 aliphatic rings. The highest BCUT2D eigenvalue weighted by Gasteiger charge is 2.51. The Hall–Kier alpha value is -2.25. The molecule has 1 amide bonds. The second-order valence-electron chi connectivity index (χ2n) is 4.93. The summed E-state index contributed by atoms with van der Waals surface area (Å²) in [5, 5.41) is 9.06. The Labute approximate surface area is 124 Å². The Morgan fingerprint density at radius 1 is 1.23 bits per heavy atom. The maximum Gasteiger partial charge on any atom is 0.471 e. The van der Waals surface area contributed by atoms with Crippen LogP contribution in [-0.4, -0.2) is 41.2 Å². The minimum Gasteiger partial charge on any atom is -0.497 e. The number of halogens is 3. The first-order valence-electron chi connectivity index (χ1n) is 6.52. The third kappa shape index (κ3) is 3.00. The summed E-state index contributed by atoms with van der Waals surface area (Å²) < 4.78 is 43.2. The van der Waals surface area contributed by atoms with Gasteiger partial charge < -0.3 is 14.7 Å². The number of alkyl halides is 3. The molecule has 1 fully saturated rings. The molecule has 0 spiro atoms. The molecule has 120 valence electrons. The Kier molecular flexibility index (Phi) is 4.30. The number of amides is 1. The number of carboxylic acid groups (broad SMARTS) is 1. The van der Waals surface area contributed by atoms with E-state index in [-0.39, 0.29) is 12.8 Å². The van der Waals surface area contributed by atoms with Gasteiger partial charge in [-0.25, -0.2) is 4.79 Å². The number of hydrogen-bond donors (Lipinski definition) is 1. The lowest BCUT2D eigenvalue weighted by Crippen LogP contribution is -2.47. The quantitative estimate of drug-likeness (QED) is 0.929. The van der Waals surface area contributed by atoms with Crippen LogP contribution in [0.15, 0.2) is 24.3 Å². The predicted molar refractivity (Wildman–Crippen MR) is 69.3 cm³/mol. The van der Waals surface area contributed by atoms with E-state index in [0.29, 0.717) is 16.2 Å². The van der Waals surface area contributed by atoms with E-state index in [1.807, 2.05) is 0 Å². The van der Waals surface area contributed by atoms with Crippen molar-refractivity contribution in [3.8, 4) is 5.75 Å². The van der Waals surface area contributed by atoms with Crippen molar-refractivity contribution in [2.45, 2.75) is 31.1 Å². The number of carboxylic acids is 1. The molecule has 1 saturated heterocycles. The number of ether oxygens (including phenoxy) is 1. The zero-order chi connectivity index (χ0) is 16.5. The minimum atomic E-state index is -5.11. The summed E-state index contributed by atoms with van der Waals surface area (Å²) in [6.07, 6.45) is -4.97. The number of benzene rings is 1. The summed E-state index contributed by atoms with van der Waals surface area (Å²) in [4.78, 5) is 23.2. The van der Waals surface area contributed by atoms with Crippen molar-refractivity contribution >= 4 is 11.9 Å². The van der Waals surface area contributed by atoms with Gasteiger partial charge >= 0.3 is 18.1 Å². The lowest BCUT2D eigenvalue weighted by atomic mass is 10.0. The third-order valence-corrected chi connectivity index (χ3v) is 3.65. The molecule has 2 rings (SSSR count). The molecular weight excluding hydrogens is 303 g/mol.